The van der Waals surface area contributed by atoms with E-state index in [1.54, 1.807) is 13.0 Å². The number of amides is 1. The second-order valence-corrected chi connectivity index (χ2v) is 3.71. The van der Waals surface area contributed by atoms with Gasteiger partial charge in [0.15, 0.2) is 0 Å². The molecule has 1 rings (SSSR count). The van der Waals surface area contributed by atoms with Crippen molar-refractivity contribution < 1.29 is 22.7 Å². The van der Waals surface area contributed by atoms with Crippen LogP contribution in [0.1, 0.15) is 15.9 Å². The molecular formula is C12H14F3NO2. The molecule has 0 atom stereocenters. The summed E-state index contributed by atoms with van der Waals surface area (Å²) < 4.78 is 41.4. The Morgan fingerprint density at radius 1 is 1.44 bits per heavy atom. The number of aryl methyl sites for hydroxylation is 1. The molecule has 0 aromatic heterocycles. The van der Waals surface area contributed by atoms with Gasteiger partial charge in [-0.05, 0) is 24.6 Å². The predicted molar refractivity (Wildman–Crippen MR) is 60.3 cm³/mol. The van der Waals surface area contributed by atoms with Gasteiger partial charge in [-0.3, -0.25) is 4.79 Å². The Kier molecular flexibility index (Phi) is 5.64. The predicted octanol–water partition coefficient (Wildman–Crippen LogP) is 2.15. The highest BCUT2D eigenvalue weighted by atomic mass is 19.3. The first-order valence-corrected chi connectivity index (χ1v) is 5.41. The highest BCUT2D eigenvalue weighted by molar-refractivity contribution is 5.94. The minimum Gasteiger partial charge on any atom is -0.374 e. The second-order valence-electron chi connectivity index (χ2n) is 3.71. The molecule has 0 aliphatic heterocycles. The monoisotopic (exact) mass is 261 g/mol. The molecule has 3 nitrogen and oxygen atoms in total. The number of carbonyl (C=O) groups excluding carboxylic acids is 1. The number of ether oxygens (including phenoxy) is 1. The summed E-state index contributed by atoms with van der Waals surface area (Å²) in [5, 5.41) is 2.38. The van der Waals surface area contributed by atoms with Gasteiger partial charge in [0.2, 0.25) is 0 Å². The highest BCUT2D eigenvalue weighted by Crippen LogP contribution is 2.09. The molecule has 6 heteroatoms. The average molecular weight is 261 g/mol. The van der Waals surface area contributed by atoms with Crippen LogP contribution in [0, 0.1) is 12.7 Å². The third-order valence-corrected chi connectivity index (χ3v) is 2.15. The summed E-state index contributed by atoms with van der Waals surface area (Å²) in [6.45, 7) is 1.06. The molecular weight excluding hydrogens is 247 g/mol. The van der Waals surface area contributed by atoms with E-state index in [1.165, 1.54) is 12.1 Å². The van der Waals surface area contributed by atoms with E-state index in [1.807, 2.05) is 0 Å². The van der Waals surface area contributed by atoms with Gasteiger partial charge >= 0.3 is 0 Å². The summed E-state index contributed by atoms with van der Waals surface area (Å²) >= 11 is 0. The van der Waals surface area contributed by atoms with Gasteiger partial charge in [0.05, 0.1) is 12.2 Å². The Balaban J connectivity index is 2.36. The maximum absolute atomic E-state index is 13.4. The SMILES string of the molecule is Cc1ccc(C(=O)NCCOCC(F)F)c(F)c1. The van der Waals surface area contributed by atoms with Crippen LogP contribution in [0.25, 0.3) is 0 Å². The van der Waals surface area contributed by atoms with Crippen molar-refractivity contribution in [3.63, 3.8) is 0 Å². The van der Waals surface area contributed by atoms with Crippen LogP contribution in [-0.4, -0.2) is 32.1 Å². The van der Waals surface area contributed by atoms with Crippen LogP contribution in [0.5, 0.6) is 0 Å². The topological polar surface area (TPSA) is 38.3 Å². The van der Waals surface area contributed by atoms with Crippen molar-refractivity contribution in [1.82, 2.24) is 5.32 Å². The summed E-state index contributed by atoms with van der Waals surface area (Å²) in [7, 11) is 0. The number of halogens is 3. The van der Waals surface area contributed by atoms with Crippen molar-refractivity contribution in [1.29, 1.82) is 0 Å². The molecule has 18 heavy (non-hydrogen) atoms. The fourth-order valence-corrected chi connectivity index (χ4v) is 1.31. The van der Waals surface area contributed by atoms with Crippen molar-refractivity contribution in [3.05, 3.63) is 35.1 Å². The molecule has 0 aliphatic carbocycles. The third-order valence-electron chi connectivity index (χ3n) is 2.15. The zero-order valence-corrected chi connectivity index (χ0v) is 9.88. The first kappa shape index (κ1) is 14.5. The number of hydrogen-bond acceptors (Lipinski definition) is 2. The van der Waals surface area contributed by atoms with E-state index < -0.39 is 24.8 Å². The molecule has 0 fully saturated rings. The Morgan fingerprint density at radius 3 is 2.78 bits per heavy atom. The maximum Gasteiger partial charge on any atom is 0.261 e. The van der Waals surface area contributed by atoms with Crippen LogP contribution in [0.15, 0.2) is 18.2 Å². The Labute approximate surface area is 103 Å². The van der Waals surface area contributed by atoms with Gasteiger partial charge in [0.1, 0.15) is 12.4 Å². The minimum atomic E-state index is -2.53. The molecule has 1 aromatic carbocycles. The minimum absolute atomic E-state index is 0.0381. The summed E-state index contributed by atoms with van der Waals surface area (Å²) in [6.07, 6.45) is -2.53. The van der Waals surface area contributed by atoms with Gasteiger partial charge in [-0.25, -0.2) is 13.2 Å². The maximum atomic E-state index is 13.4. The summed E-state index contributed by atoms with van der Waals surface area (Å²) in [5.74, 6) is -1.20. The van der Waals surface area contributed by atoms with Crippen molar-refractivity contribution in [2.45, 2.75) is 13.3 Å². The molecule has 0 unspecified atom stereocenters. The number of benzene rings is 1. The lowest BCUT2D eigenvalue weighted by Crippen LogP contribution is -2.28. The van der Waals surface area contributed by atoms with Crippen LogP contribution in [0.3, 0.4) is 0 Å². The van der Waals surface area contributed by atoms with E-state index in [9.17, 15) is 18.0 Å². The molecule has 1 N–H and O–H groups in total. The Bertz CT molecular complexity index is 410. The molecule has 0 aliphatic rings. The fraction of sp³-hybridized carbons (Fsp3) is 0.417. The van der Waals surface area contributed by atoms with E-state index in [4.69, 9.17) is 0 Å². The van der Waals surface area contributed by atoms with E-state index in [0.717, 1.165) is 0 Å². The number of nitrogens with one attached hydrogen (secondary N) is 1. The molecule has 100 valence electrons. The summed E-state index contributed by atoms with van der Waals surface area (Å²) in [6, 6.07) is 4.24. The van der Waals surface area contributed by atoms with Crippen LogP contribution in [0.2, 0.25) is 0 Å². The smallest absolute Gasteiger partial charge is 0.261 e. The molecule has 0 radical (unpaired) electrons. The quantitative estimate of drug-likeness (QED) is 0.797. The van der Waals surface area contributed by atoms with Gasteiger partial charge in [-0.15, -0.1) is 0 Å². The zero-order chi connectivity index (χ0) is 13.5. The van der Waals surface area contributed by atoms with Gasteiger partial charge < -0.3 is 10.1 Å². The molecule has 1 aromatic rings. The Hall–Kier alpha value is -1.56. The normalized spacial score (nSPS) is 10.7. The average Bonchev–Trinajstić information content (AvgIpc) is 2.27. The van der Waals surface area contributed by atoms with Crippen LogP contribution in [0.4, 0.5) is 13.2 Å². The van der Waals surface area contributed by atoms with Crippen molar-refractivity contribution in [2.75, 3.05) is 19.8 Å². The fourth-order valence-electron chi connectivity index (χ4n) is 1.31. The first-order valence-electron chi connectivity index (χ1n) is 5.41. The third kappa shape index (κ3) is 4.75. The van der Waals surface area contributed by atoms with Crippen molar-refractivity contribution in [3.8, 4) is 0 Å². The lowest BCUT2D eigenvalue weighted by molar-refractivity contribution is 0.0188. The first-order chi connectivity index (χ1) is 8.50. The number of hydrogen-bond donors (Lipinski definition) is 1. The van der Waals surface area contributed by atoms with E-state index >= 15 is 0 Å². The number of rotatable bonds is 6. The van der Waals surface area contributed by atoms with E-state index in [-0.39, 0.29) is 18.7 Å². The number of alkyl halides is 2. The molecule has 0 spiro atoms. The van der Waals surface area contributed by atoms with Crippen LogP contribution >= 0.6 is 0 Å². The van der Waals surface area contributed by atoms with Gasteiger partial charge in [0.25, 0.3) is 12.3 Å². The zero-order valence-electron chi connectivity index (χ0n) is 9.88. The van der Waals surface area contributed by atoms with E-state index in [2.05, 4.69) is 10.1 Å². The van der Waals surface area contributed by atoms with Gasteiger partial charge in [-0.1, -0.05) is 6.07 Å². The van der Waals surface area contributed by atoms with E-state index in [0.29, 0.717) is 5.56 Å². The highest BCUT2D eigenvalue weighted by Gasteiger charge is 2.10. The van der Waals surface area contributed by atoms with Crippen molar-refractivity contribution >= 4 is 5.91 Å². The summed E-state index contributed by atoms with van der Waals surface area (Å²) in [4.78, 5) is 11.5. The molecule has 0 saturated carbocycles. The molecule has 0 bridgehead atoms. The second kappa shape index (κ2) is 7.00. The lowest BCUT2D eigenvalue weighted by Gasteiger charge is -2.07. The lowest BCUT2D eigenvalue weighted by atomic mass is 10.1. The number of carbonyl (C=O) groups is 1. The molecule has 0 heterocycles. The van der Waals surface area contributed by atoms with Gasteiger partial charge in [-0.2, -0.15) is 0 Å². The molecule has 1 amide bonds. The van der Waals surface area contributed by atoms with Gasteiger partial charge in [0, 0.05) is 6.54 Å². The largest absolute Gasteiger partial charge is 0.374 e. The Morgan fingerprint density at radius 2 is 2.17 bits per heavy atom. The summed E-state index contributed by atoms with van der Waals surface area (Å²) in [5.41, 5.74) is 0.638. The van der Waals surface area contributed by atoms with Crippen LogP contribution in [-0.2, 0) is 4.74 Å². The molecule has 0 saturated heterocycles. The standard InChI is InChI=1S/C12H14F3NO2/c1-8-2-3-9(10(13)6-8)12(17)16-4-5-18-7-11(14)15/h2-3,6,11H,4-5,7H2,1H3,(H,16,17). The van der Waals surface area contributed by atoms with Crippen molar-refractivity contribution in [2.24, 2.45) is 0 Å². The van der Waals surface area contributed by atoms with Crippen LogP contribution < -0.4 is 5.32 Å².